The summed E-state index contributed by atoms with van der Waals surface area (Å²) < 4.78 is 19.4. The lowest BCUT2D eigenvalue weighted by atomic mass is 10.1. The van der Waals surface area contributed by atoms with Crippen LogP contribution in [0, 0.1) is 0 Å². The normalized spacial score (nSPS) is 36.0. The highest BCUT2D eigenvalue weighted by Crippen LogP contribution is 2.48. The quantitative estimate of drug-likeness (QED) is 0.758. The maximum absolute atomic E-state index is 11.1. The number of aliphatic hydroxyl groups excluding tert-OH is 1. The van der Waals surface area contributed by atoms with Gasteiger partial charge in [-0.05, 0) is 12.8 Å². The molecule has 2 aliphatic heterocycles. The molecule has 1 aromatic heterocycles. The Labute approximate surface area is 126 Å². The lowest BCUT2D eigenvalue weighted by molar-refractivity contribution is -0.217. The zero-order valence-electron chi connectivity index (χ0n) is 11.9. The summed E-state index contributed by atoms with van der Waals surface area (Å²) in [5.41, 5.74) is 5.17. The molecule has 1 amide bonds. The fourth-order valence-corrected chi connectivity index (χ4v) is 3.52. The summed E-state index contributed by atoms with van der Waals surface area (Å²) in [5.74, 6) is -1.36. The van der Waals surface area contributed by atoms with Gasteiger partial charge in [0.1, 0.15) is 24.6 Å². The van der Waals surface area contributed by atoms with Crippen molar-refractivity contribution in [3.8, 4) is 0 Å². The molecule has 3 N–H and O–H groups in total. The van der Waals surface area contributed by atoms with Gasteiger partial charge in [0.05, 0.1) is 6.61 Å². The van der Waals surface area contributed by atoms with E-state index >= 15 is 0 Å². The molecule has 3 heterocycles. The second kappa shape index (κ2) is 4.98. The van der Waals surface area contributed by atoms with Gasteiger partial charge < -0.3 is 25.1 Å². The number of amides is 1. The smallest absolute Gasteiger partial charge is 0.288 e. The van der Waals surface area contributed by atoms with Crippen molar-refractivity contribution < 1.29 is 24.1 Å². The molecule has 1 aromatic rings. The zero-order valence-corrected chi connectivity index (χ0v) is 11.9. The average Bonchev–Trinajstić information content (AvgIpc) is 3.24. The number of hydrogen-bond acceptors (Lipinski definition) is 7. The Kier molecular flexibility index (Phi) is 3.19. The van der Waals surface area contributed by atoms with Crippen LogP contribution in [0.15, 0.2) is 6.33 Å². The number of rotatable bonds is 3. The predicted molar refractivity (Wildman–Crippen MR) is 70.5 cm³/mol. The van der Waals surface area contributed by atoms with Crippen molar-refractivity contribution in [3.63, 3.8) is 0 Å². The van der Waals surface area contributed by atoms with Crippen molar-refractivity contribution >= 4 is 5.91 Å². The molecule has 0 radical (unpaired) electrons. The van der Waals surface area contributed by atoms with Gasteiger partial charge in [-0.3, -0.25) is 4.79 Å². The summed E-state index contributed by atoms with van der Waals surface area (Å²) in [7, 11) is 0. The summed E-state index contributed by atoms with van der Waals surface area (Å²) in [4.78, 5) is 15.0. The number of nitrogens with zero attached hydrogens (tertiary/aromatic N) is 3. The summed E-state index contributed by atoms with van der Waals surface area (Å²) in [6, 6.07) is 0. The third kappa shape index (κ3) is 2.04. The van der Waals surface area contributed by atoms with Crippen LogP contribution in [0.4, 0.5) is 0 Å². The number of carbonyl (C=O) groups is 1. The first-order chi connectivity index (χ1) is 10.6. The number of primary amides is 1. The third-order valence-corrected chi connectivity index (χ3v) is 4.52. The highest BCUT2D eigenvalue weighted by Gasteiger charge is 2.59. The van der Waals surface area contributed by atoms with E-state index in [0.717, 1.165) is 25.7 Å². The zero-order chi connectivity index (χ0) is 15.3. The monoisotopic (exact) mass is 312 g/mol. The Morgan fingerprint density at radius 3 is 2.77 bits per heavy atom. The highest BCUT2D eigenvalue weighted by atomic mass is 16.8. The number of aromatic nitrogens is 3. The predicted octanol–water partition coefficient (Wildman–Crippen LogP) is -0.679. The molecule has 3 aliphatic rings. The van der Waals surface area contributed by atoms with E-state index in [4.69, 9.17) is 19.9 Å². The Morgan fingerprint density at radius 1 is 1.41 bits per heavy atom. The van der Waals surface area contributed by atoms with Crippen LogP contribution in [0.25, 0.3) is 0 Å². The maximum Gasteiger partial charge on any atom is 0.288 e. The Morgan fingerprint density at radius 2 is 2.14 bits per heavy atom. The van der Waals surface area contributed by atoms with E-state index in [2.05, 4.69) is 10.1 Å². The van der Waals surface area contributed by atoms with Gasteiger partial charge in [0.15, 0.2) is 12.0 Å². The minimum absolute atomic E-state index is 0.0814. The van der Waals surface area contributed by atoms with Crippen LogP contribution in [-0.2, 0) is 14.2 Å². The Bertz CT molecular complexity index is 585. The summed E-state index contributed by atoms with van der Waals surface area (Å²) in [6.07, 6.45) is 3.35. The van der Waals surface area contributed by atoms with Gasteiger partial charge in [0.2, 0.25) is 5.82 Å². The second-order valence-corrected chi connectivity index (χ2v) is 5.94. The molecule has 9 nitrogen and oxygen atoms in total. The van der Waals surface area contributed by atoms with Crippen LogP contribution >= 0.6 is 0 Å². The number of nitrogens with two attached hydrogens (primary N) is 1. The minimum Gasteiger partial charge on any atom is -0.394 e. The van der Waals surface area contributed by atoms with Crippen LogP contribution in [0.2, 0.25) is 0 Å². The molecule has 4 rings (SSSR count). The topological polar surface area (TPSA) is 122 Å². The van der Waals surface area contributed by atoms with E-state index in [0.29, 0.717) is 0 Å². The number of fused-ring (bicyclic) bond motifs is 1. The van der Waals surface area contributed by atoms with Crippen LogP contribution in [0.3, 0.4) is 0 Å². The Balaban J connectivity index is 1.61. The lowest BCUT2D eigenvalue weighted by Crippen LogP contribution is -2.33. The molecule has 2 saturated heterocycles. The van der Waals surface area contributed by atoms with E-state index in [9.17, 15) is 9.90 Å². The number of aliphatic hydroxyl groups is 1. The minimum atomic E-state index is -0.706. The number of carbonyl (C=O) groups excluding carboxylic acids is 1. The lowest BCUT2D eigenvalue weighted by Gasteiger charge is -2.26. The molecule has 22 heavy (non-hydrogen) atoms. The molecular formula is C13H18N4O5. The third-order valence-electron chi connectivity index (χ3n) is 4.52. The van der Waals surface area contributed by atoms with Gasteiger partial charge in [-0.25, -0.2) is 9.67 Å². The van der Waals surface area contributed by atoms with Crippen LogP contribution in [0.1, 0.15) is 42.5 Å². The Hall–Kier alpha value is -1.55. The van der Waals surface area contributed by atoms with Crippen molar-refractivity contribution in [3.05, 3.63) is 12.2 Å². The average molecular weight is 312 g/mol. The fourth-order valence-electron chi connectivity index (χ4n) is 3.52. The summed E-state index contributed by atoms with van der Waals surface area (Å²) >= 11 is 0. The first-order valence-corrected chi connectivity index (χ1v) is 7.45. The van der Waals surface area contributed by atoms with Crippen molar-refractivity contribution in [1.29, 1.82) is 0 Å². The molecular weight excluding hydrogens is 294 g/mol. The number of ether oxygens (including phenoxy) is 3. The first kappa shape index (κ1) is 14.1. The molecule has 120 valence electrons. The SMILES string of the molecule is N[14C](=O)c1ncn([C@H]2O[C@@H](CO)[C@@H]3OC4(CCCC4)O[C@@H]32)n1. The van der Waals surface area contributed by atoms with Crippen molar-refractivity contribution in [2.45, 2.75) is 56.0 Å². The van der Waals surface area contributed by atoms with Crippen LogP contribution in [-0.4, -0.2) is 56.5 Å². The van der Waals surface area contributed by atoms with Gasteiger partial charge in [-0.15, -0.1) is 5.10 Å². The van der Waals surface area contributed by atoms with Gasteiger partial charge in [0.25, 0.3) is 5.91 Å². The largest absolute Gasteiger partial charge is 0.394 e. The van der Waals surface area contributed by atoms with E-state index in [1.807, 2.05) is 0 Å². The number of hydrogen-bond donors (Lipinski definition) is 2. The van der Waals surface area contributed by atoms with Crippen LogP contribution < -0.4 is 5.73 Å². The molecule has 9 heteroatoms. The first-order valence-electron chi connectivity index (χ1n) is 7.45. The van der Waals surface area contributed by atoms with Crippen molar-refractivity contribution in [2.24, 2.45) is 5.73 Å². The second-order valence-electron chi connectivity index (χ2n) is 5.94. The van der Waals surface area contributed by atoms with Gasteiger partial charge in [-0.1, -0.05) is 0 Å². The molecule has 0 unspecified atom stereocenters. The van der Waals surface area contributed by atoms with E-state index in [1.165, 1.54) is 11.0 Å². The molecule has 1 spiro atoms. The van der Waals surface area contributed by atoms with Crippen molar-refractivity contribution in [1.82, 2.24) is 14.8 Å². The molecule has 3 fully saturated rings. The molecule has 0 aromatic carbocycles. The molecule has 4 atom stereocenters. The van der Waals surface area contributed by atoms with Crippen molar-refractivity contribution in [2.75, 3.05) is 6.61 Å². The maximum atomic E-state index is 11.1. The summed E-state index contributed by atoms with van der Waals surface area (Å²) in [5, 5.41) is 13.5. The van der Waals surface area contributed by atoms with Gasteiger partial charge >= 0.3 is 0 Å². The van der Waals surface area contributed by atoms with E-state index in [-0.39, 0.29) is 18.5 Å². The molecule has 1 aliphatic carbocycles. The van der Waals surface area contributed by atoms with Gasteiger partial charge in [0, 0.05) is 12.8 Å². The highest BCUT2D eigenvalue weighted by molar-refractivity contribution is 5.88. The van der Waals surface area contributed by atoms with E-state index < -0.39 is 30.1 Å². The van der Waals surface area contributed by atoms with Gasteiger partial charge in [-0.2, -0.15) is 0 Å². The van der Waals surface area contributed by atoms with E-state index in [1.54, 1.807) is 0 Å². The summed E-state index contributed by atoms with van der Waals surface area (Å²) in [6.45, 7) is -0.172. The standard InChI is InChI=1S/C13H18N4O5/c14-10(19)11-15-6-17(16-11)12-9-8(7(5-18)20-12)21-13(22-9)3-1-2-4-13/h6-9,12,18H,1-5H2,(H2,14,19)/t7-,8-,9-,12-/m0/s1/i10+2. The van der Waals surface area contributed by atoms with Crippen LogP contribution in [0.5, 0.6) is 0 Å². The fraction of sp³-hybridized carbons (Fsp3) is 0.769. The molecule has 0 bridgehead atoms. The molecule has 1 saturated carbocycles.